The van der Waals surface area contributed by atoms with E-state index in [9.17, 15) is 10.1 Å². The summed E-state index contributed by atoms with van der Waals surface area (Å²) in [6, 6.07) is 16.5. The van der Waals surface area contributed by atoms with Gasteiger partial charge in [-0.2, -0.15) is 5.26 Å². The number of ether oxygens (including phenoxy) is 2. The van der Waals surface area contributed by atoms with Gasteiger partial charge in [-0.05, 0) is 96.5 Å². The summed E-state index contributed by atoms with van der Waals surface area (Å²) >= 11 is 14.4. The van der Waals surface area contributed by atoms with Crippen LogP contribution in [-0.2, 0) is 11.4 Å². The molecular weight excluding hydrogens is 598 g/mol. The van der Waals surface area contributed by atoms with Crippen LogP contribution in [0.2, 0.25) is 10.0 Å². The molecule has 3 aromatic rings. The summed E-state index contributed by atoms with van der Waals surface area (Å²) in [6.45, 7) is 6.35. The number of amides is 1. The summed E-state index contributed by atoms with van der Waals surface area (Å²) in [5.41, 5.74) is 4.00. The Morgan fingerprint density at radius 2 is 1.89 bits per heavy atom. The van der Waals surface area contributed by atoms with Crippen molar-refractivity contribution in [1.82, 2.24) is 0 Å². The minimum Gasteiger partial charge on any atom is -0.490 e. The van der Waals surface area contributed by atoms with E-state index in [1.54, 1.807) is 18.2 Å². The number of anilines is 1. The third-order valence-electron chi connectivity index (χ3n) is 5.04. The second-order valence-corrected chi connectivity index (χ2v) is 9.74. The molecule has 1 amide bonds. The Morgan fingerprint density at radius 3 is 2.57 bits per heavy atom. The van der Waals surface area contributed by atoms with Gasteiger partial charge in [-0.1, -0.05) is 41.4 Å². The van der Waals surface area contributed by atoms with Crippen LogP contribution in [0.4, 0.5) is 5.69 Å². The zero-order valence-corrected chi connectivity index (χ0v) is 23.1. The van der Waals surface area contributed by atoms with Crippen molar-refractivity contribution in [3.8, 4) is 17.6 Å². The fourth-order valence-corrected chi connectivity index (χ4v) is 4.48. The minimum absolute atomic E-state index is 0.0224. The number of hydrogen-bond acceptors (Lipinski definition) is 4. The van der Waals surface area contributed by atoms with Gasteiger partial charge in [0.15, 0.2) is 11.5 Å². The van der Waals surface area contributed by atoms with Crippen molar-refractivity contribution < 1.29 is 14.3 Å². The van der Waals surface area contributed by atoms with Crippen LogP contribution < -0.4 is 14.8 Å². The molecule has 5 nitrogen and oxygen atoms in total. The number of nitrogens with zero attached hydrogens (tertiary/aromatic N) is 1. The van der Waals surface area contributed by atoms with Gasteiger partial charge in [-0.15, -0.1) is 0 Å². The maximum atomic E-state index is 12.8. The van der Waals surface area contributed by atoms with Crippen molar-refractivity contribution in [2.45, 2.75) is 27.4 Å². The molecule has 180 valence electrons. The number of rotatable bonds is 8. The Hall–Kier alpha value is -2.73. The van der Waals surface area contributed by atoms with E-state index in [1.165, 1.54) is 6.08 Å². The SMILES string of the molecule is CCOc1cc(/C=C(/C#N)C(=O)Nc2cc(C)ccc2C)cc(I)c1OCc1ccc(Cl)cc1Cl. The van der Waals surface area contributed by atoms with Gasteiger partial charge in [-0.25, -0.2) is 0 Å². The van der Waals surface area contributed by atoms with Gasteiger partial charge in [0.2, 0.25) is 0 Å². The molecule has 0 aliphatic carbocycles. The molecule has 0 atom stereocenters. The summed E-state index contributed by atoms with van der Waals surface area (Å²) in [7, 11) is 0. The van der Waals surface area contributed by atoms with Gasteiger partial charge >= 0.3 is 0 Å². The van der Waals surface area contributed by atoms with Crippen LogP contribution >= 0.6 is 45.8 Å². The topological polar surface area (TPSA) is 71.3 Å². The quantitative estimate of drug-likeness (QED) is 0.159. The number of carbonyl (C=O) groups excluding carboxylic acids is 1. The monoisotopic (exact) mass is 620 g/mol. The van der Waals surface area contributed by atoms with Crippen LogP contribution in [0, 0.1) is 28.7 Å². The van der Waals surface area contributed by atoms with E-state index < -0.39 is 5.91 Å². The summed E-state index contributed by atoms with van der Waals surface area (Å²) in [5.74, 6) is 0.573. The fraction of sp³-hybridized carbons (Fsp3) is 0.185. The molecule has 0 saturated carbocycles. The van der Waals surface area contributed by atoms with Crippen LogP contribution in [0.15, 0.2) is 54.1 Å². The highest BCUT2D eigenvalue weighted by Crippen LogP contribution is 2.36. The molecule has 0 unspecified atom stereocenters. The van der Waals surface area contributed by atoms with Gasteiger partial charge in [-0.3, -0.25) is 4.79 Å². The zero-order valence-electron chi connectivity index (χ0n) is 19.4. The Bertz CT molecular complexity index is 1330. The lowest BCUT2D eigenvalue weighted by Crippen LogP contribution is -2.14. The molecular formula is C27H23Cl2IN2O3. The molecule has 35 heavy (non-hydrogen) atoms. The van der Waals surface area contributed by atoms with E-state index in [0.717, 1.165) is 20.3 Å². The number of benzene rings is 3. The Morgan fingerprint density at radius 1 is 1.11 bits per heavy atom. The molecule has 0 bridgehead atoms. The summed E-state index contributed by atoms with van der Waals surface area (Å²) in [4.78, 5) is 12.8. The summed E-state index contributed by atoms with van der Waals surface area (Å²) in [6.07, 6.45) is 1.53. The third kappa shape index (κ3) is 7.14. The molecule has 0 radical (unpaired) electrons. The first-order valence-electron chi connectivity index (χ1n) is 10.7. The molecule has 3 rings (SSSR count). The first-order valence-corrected chi connectivity index (χ1v) is 12.6. The van der Waals surface area contributed by atoms with Crippen LogP contribution in [0.25, 0.3) is 6.08 Å². The maximum absolute atomic E-state index is 12.8. The number of carbonyl (C=O) groups is 1. The normalized spacial score (nSPS) is 11.1. The predicted molar refractivity (Wildman–Crippen MR) is 149 cm³/mol. The van der Waals surface area contributed by atoms with Crippen molar-refractivity contribution in [2.75, 3.05) is 11.9 Å². The highest BCUT2D eigenvalue weighted by atomic mass is 127. The summed E-state index contributed by atoms with van der Waals surface area (Å²) in [5, 5.41) is 13.5. The average molecular weight is 621 g/mol. The molecule has 3 aromatic carbocycles. The average Bonchev–Trinajstić information content (AvgIpc) is 2.80. The Labute approximate surface area is 228 Å². The fourth-order valence-electron chi connectivity index (χ4n) is 3.24. The predicted octanol–water partition coefficient (Wildman–Crippen LogP) is 7.74. The first-order chi connectivity index (χ1) is 16.7. The lowest BCUT2D eigenvalue weighted by Gasteiger charge is -2.15. The third-order valence-corrected chi connectivity index (χ3v) is 6.42. The van der Waals surface area contributed by atoms with E-state index in [0.29, 0.717) is 39.4 Å². The molecule has 8 heteroatoms. The van der Waals surface area contributed by atoms with Gasteiger partial charge in [0.1, 0.15) is 18.2 Å². The van der Waals surface area contributed by atoms with E-state index in [1.807, 2.05) is 57.2 Å². The van der Waals surface area contributed by atoms with E-state index in [4.69, 9.17) is 32.7 Å². The second-order valence-electron chi connectivity index (χ2n) is 7.73. The van der Waals surface area contributed by atoms with Gasteiger partial charge in [0.25, 0.3) is 5.91 Å². The van der Waals surface area contributed by atoms with Crippen LogP contribution in [0.3, 0.4) is 0 Å². The number of aryl methyl sites for hydroxylation is 2. The Kier molecular flexibility index (Phi) is 9.44. The molecule has 0 fully saturated rings. The number of halogens is 3. The minimum atomic E-state index is -0.480. The van der Waals surface area contributed by atoms with Crippen molar-refractivity contribution in [2.24, 2.45) is 0 Å². The number of nitrogens with one attached hydrogen (secondary N) is 1. The van der Waals surface area contributed by atoms with Crippen molar-refractivity contribution in [3.05, 3.63) is 90.0 Å². The van der Waals surface area contributed by atoms with Crippen molar-refractivity contribution >= 4 is 63.5 Å². The van der Waals surface area contributed by atoms with Gasteiger partial charge in [0.05, 0.1) is 10.2 Å². The van der Waals surface area contributed by atoms with E-state index in [2.05, 4.69) is 27.9 Å². The van der Waals surface area contributed by atoms with Gasteiger partial charge < -0.3 is 14.8 Å². The number of nitriles is 1. The highest BCUT2D eigenvalue weighted by Gasteiger charge is 2.16. The number of hydrogen-bond donors (Lipinski definition) is 1. The lowest BCUT2D eigenvalue weighted by atomic mass is 10.1. The van der Waals surface area contributed by atoms with Crippen LogP contribution in [0.1, 0.15) is 29.2 Å². The molecule has 0 spiro atoms. The Balaban J connectivity index is 1.87. The smallest absolute Gasteiger partial charge is 0.266 e. The van der Waals surface area contributed by atoms with Gasteiger partial charge in [0, 0.05) is 21.3 Å². The van der Waals surface area contributed by atoms with E-state index >= 15 is 0 Å². The van der Waals surface area contributed by atoms with Crippen LogP contribution in [0.5, 0.6) is 11.5 Å². The van der Waals surface area contributed by atoms with Crippen molar-refractivity contribution in [1.29, 1.82) is 5.26 Å². The lowest BCUT2D eigenvalue weighted by molar-refractivity contribution is -0.112. The maximum Gasteiger partial charge on any atom is 0.266 e. The highest BCUT2D eigenvalue weighted by molar-refractivity contribution is 14.1. The van der Waals surface area contributed by atoms with Crippen molar-refractivity contribution in [3.63, 3.8) is 0 Å². The molecule has 0 aromatic heterocycles. The molecule has 0 aliphatic rings. The molecule has 1 N–H and O–H groups in total. The first kappa shape index (κ1) is 26.9. The molecule has 0 saturated heterocycles. The zero-order chi connectivity index (χ0) is 25.5. The van der Waals surface area contributed by atoms with Crippen LogP contribution in [-0.4, -0.2) is 12.5 Å². The molecule has 0 heterocycles. The molecule has 0 aliphatic heterocycles. The van der Waals surface area contributed by atoms with E-state index in [-0.39, 0.29) is 12.2 Å². The standard InChI is InChI=1S/C27H23Cl2IN2O3/c1-4-34-25-12-18(10-20(14-31)27(33)32-24-9-16(2)5-6-17(24)3)11-23(30)26(25)35-15-19-7-8-21(28)13-22(19)29/h5-13H,4,15H2,1-3H3,(H,32,33)/b20-10-. The second kappa shape index (κ2) is 12.3. The summed E-state index contributed by atoms with van der Waals surface area (Å²) < 4.78 is 12.6. The largest absolute Gasteiger partial charge is 0.490 e.